The molecule has 0 saturated heterocycles. The first-order valence-corrected chi connectivity index (χ1v) is 8.93. The van der Waals surface area contributed by atoms with Gasteiger partial charge in [0.15, 0.2) is 0 Å². The van der Waals surface area contributed by atoms with Crippen molar-refractivity contribution in [2.45, 2.75) is 24.9 Å². The largest absolute Gasteiger partial charge is 0.367 e. The van der Waals surface area contributed by atoms with E-state index in [4.69, 9.17) is 0 Å². The average Bonchev–Trinajstić information content (AvgIpc) is 3.52. The van der Waals surface area contributed by atoms with Gasteiger partial charge in [0.05, 0.1) is 11.6 Å². The predicted octanol–water partition coefficient (Wildman–Crippen LogP) is 4.18. The quantitative estimate of drug-likeness (QED) is 0.706. The first-order valence-electron chi connectivity index (χ1n) is 8.93. The second kappa shape index (κ2) is 7.40. The van der Waals surface area contributed by atoms with E-state index in [0.29, 0.717) is 11.6 Å². The molecule has 2 N–H and O–H groups in total. The van der Waals surface area contributed by atoms with Gasteiger partial charge < -0.3 is 10.6 Å². The summed E-state index contributed by atoms with van der Waals surface area (Å²) in [6, 6.07) is 24.0. The van der Waals surface area contributed by atoms with Crippen molar-refractivity contribution in [1.82, 2.24) is 10.3 Å². The highest BCUT2D eigenvalue weighted by Gasteiger charge is 2.21. The summed E-state index contributed by atoms with van der Waals surface area (Å²) in [4.78, 5) is 17.1. The molecule has 1 saturated carbocycles. The van der Waals surface area contributed by atoms with E-state index >= 15 is 0 Å². The Kier molecular flexibility index (Phi) is 4.65. The summed E-state index contributed by atoms with van der Waals surface area (Å²) in [6.45, 7) is 0. The lowest BCUT2D eigenvalue weighted by atomic mass is 9.98. The predicted molar refractivity (Wildman–Crippen MR) is 103 cm³/mol. The average molecular weight is 343 g/mol. The van der Waals surface area contributed by atoms with Crippen molar-refractivity contribution in [2.75, 3.05) is 5.32 Å². The van der Waals surface area contributed by atoms with E-state index < -0.39 is 0 Å². The van der Waals surface area contributed by atoms with Crippen LogP contribution in [0.5, 0.6) is 0 Å². The van der Waals surface area contributed by atoms with Crippen LogP contribution in [-0.2, 0) is 0 Å². The smallest absolute Gasteiger partial charge is 0.253 e. The Morgan fingerprint density at radius 3 is 2.00 bits per heavy atom. The van der Waals surface area contributed by atoms with Crippen LogP contribution in [0, 0.1) is 0 Å². The molecule has 1 aromatic heterocycles. The van der Waals surface area contributed by atoms with Crippen molar-refractivity contribution in [2.24, 2.45) is 0 Å². The number of nitrogens with one attached hydrogen (secondary N) is 2. The van der Waals surface area contributed by atoms with Gasteiger partial charge in [-0.05, 0) is 36.1 Å². The molecule has 1 fully saturated rings. The van der Waals surface area contributed by atoms with Gasteiger partial charge in [0.2, 0.25) is 0 Å². The summed E-state index contributed by atoms with van der Waals surface area (Å²) >= 11 is 0. The highest BCUT2D eigenvalue weighted by Crippen LogP contribution is 2.24. The Bertz CT molecular complexity index is 819. The molecule has 0 aliphatic heterocycles. The molecule has 0 radical (unpaired) electrons. The molecule has 130 valence electrons. The minimum atomic E-state index is -0.200. The van der Waals surface area contributed by atoms with Crippen LogP contribution in [0.3, 0.4) is 0 Å². The molecule has 0 unspecified atom stereocenters. The molecule has 2 aromatic carbocycles. The van der Waals surface area contributed by atoms with Crippen LogP contribution in [0.1, 0.15) is 40.4 Å². The highest BCUT2D eigenvalue weighted by atomic mass is 16.1. The maximum atomic E-state index is 12.8. The number of carbonyl (C=O) groups excluding carboxylic acids is 1. The second-order valence-electron chi connectivity index (χ2n) is 6.58. The fraction of sp³-hybridized carbons (Fsp3) is 0.182. The molecule has 1 heterocycles. The molecule has 1 aliphatic carbocycles. The lowest BCUT2D eigenvalue weighted by Crippen LogP contribution is -2.29. The number of anilines is 1. The van der Waals surface area contributed by atoms with Crippen molar-refractivity contribution in [1.29, 1.82) is 0 Å². The van der Waals surface area contributed by atoms with Crippen LogP contribution >= 0.6 is 0 Å². The number of benzene rings is 2. The van der Waals surface area contributed by atoms with Gasteiger partial charge in [-0.15, -0.1) is 0 Å². The fourth-order valence-corrected chi connectivity index (χ4v) is 2.91. The lowest BCUT2D eigenvalue weighted by molar-refractivity contribution is 0.0942. The number of pyridine rings is 1. The van der Waals surface area contributed by atoms with Gasteiger partial charge >= 0.3 is 0 Å². The number of carbonyl (C=O) groups is 1. The fourth-order valence-electron chi connectivity index (χ4n) is 2.91. The first kappa shape index (κ1) is 16.3. The van der Waals surface area contributed by atoms with Gasteiger partial charge in [0.25, 0.3) is 5.91 Å². The molecule has 4 nitrogen and oxygen atoms in total. The zero-order valence-corrected chi connectivity index (χ0v) is 14.4. The van der Waals surface area contributed by atoms with Gasteiger partial charge in [0, 0.05) is 12.2 Å². The Morgan fingerprint density at radius 1 is 0.885 bits per heavy atom. The maximum Gasteiger partial charge on any atom is 0.253 e. The van der Waals surface area contributed by atoms with E-state index in [-0.39, 0.29) is 11.9 Å². The van der Waals surface area contributed by atoms with E-state index in [0.717, 1.165) is 16.9 Å². The number of nitrogens with zero attached hydrogens (tertiary/aromatic N) is 1. The summed E-state index contributed by atoms with van der Waals surface area (Å²) in [5, 5.41) is 6.47. The van der Waals surface area contributed by atoms with Gasteiger partial charge in [-0.2, -0.15) is 0 Å². The zero-order valence-electron chi connectivity index (χ0n) is 14.4. The van der Waals surface area contributed by atoms with Crippen LogP contribution in [0.2, 0.25) is 0 Å². The molecule has 1 amide bonds. The molecule has 1 aliphatic rings. The second-order valence-corrected chi connectivity index (χ2v) is 6.58. The van der Waals surface area contributed by atoms with Gasteiger partial charge in [0.1, 0.15) is 5.82 Å². The third-order valence-corrected chi connectivity index (χ3v) is 4.50. The summed E-state index contributed by atoms with van der Waals surface area (Å²) in [7, 11) is 0. The van der Waals surface area contributed by atoms with Crippen molar-refractivity contribution in [3.63, 3.8) is 0 Å². The Labute approximate surface area is 153 Å². The molecule has 4 rings (SSSR count). The summed E-state index contributed by atoms with van der Waals surface area (Å²) < 4.78 is 0. The van der Waals surface area contributed by atoms with E-state index in [2.05, 4.69) is 15.6 Å². The minimum Gasteiger partial charge on any atom is -0.367 e. The monoisotopic (exact) mass is 343 g/mol. The van der Waals surface area contributed by atoms with E-state index in [9.17, 15) is 4.79 Å². The van der Waals surface area contributed by atoms with E-state index in [1.54, 1.807) is 6.20 Å². The van der Waals surface area contributed by atoms with Crippen LogP contribution in [0.4, 0.5) is 5.82 Å². The summed E-state index contributed by atoms with van der Waals surface area (Å²) in [6.07, 6.45) is 4.02. The molecule has 3 aromatic rings. The number of aromatic nitrogens is 1. The number of hydrogen-bond donors (Lipinski definition) is 2. The molecule has 0 atom stereocenters. The van der Waals surface area contributed by atoms with Crippen LogP contribution in [-0.4, -0.2) is 16.9 Å². The van der Waals surface area contributed by atoms with E-state index in [1.165, 1.54) is 12.8 Å². The van der Waals surface area contributed by atoms with Crippen LogP contribution < -0.4 is 10.6 Å². The van der Waals surface area contributed by atoms with Gasteiger partial charge in [-0.3, -0.25) is 4.79 Å². The SMILES string of the molecule is O=C(NC(c1ccccc1)c1ccccc1)c1ccc(NC2CC2)nc1. The summed E-state index contributed by atoms with van der Waals surface area (Å²) in [5.41, 5.74) is 2.65. The molecule has 26 heavy (non-hydrogen) atoms. The highest BCUT2D eigenvalue weighted by molar-refractivity contribution is 5.94. The zero-order chi connectivity index (χ0) is 17.8. The lowest BCUT2D eigenvalue weighted by Gasteiger charge is -2.20. The molecular formula is C22H21N3O. The Balaban J connectivity index is 1.54. The van der Waals surface area contributed by atoms with Gasteiger partial charge in [-0.25, -0.2) is 4.98 Å². The molecule has 0 spiro atoms. The maximum absolute atomic E-state index is 12.8. The van der Waals surface area contributed by atoms with Crippen molar-refractivity contribution in [3.05, 3.63) is 95.7 Å². The summed E-state index contributed by atoms with van der Waals surface area (Å²) in [5.74, 6) is 0.694. The van der Waals surface area contributed by atoms with Crippen molar-refractivity contribution < 1.29 is 4.79 Å². The molecular weight excluding hydrogens is 322 g/mol. The standard InChI is InChI=1S/C22H21N3O/c26-22(18-11-14-20(23-15-18)24-19-12-13-19)25-21(16-7-3-1-4-8-16)17-9-5-2-6-10-17/h1-11,14-15,19,21H,12-13H2,(H,23,24)(H,25,26). The molecule has 4 heteroatoms. The first-order chi connectivity index (χ1) is 12.8. The Morgan fingerprint density at radius 2 is 1.50 bits per heavy atom. The van der Waals surface area contributed by atoms with Crippen molar-refractivity contribution >= 4 is 11.7 Å². The normalized spacial score (nSPS) is 13.4. The number of hydrogen-bond acceptors (Lipinski definition) is 3. The third-order valence-electron chi connectivity index (χ3n) is 4.50. The van der Waals surface area contributed by atoms with E-state index in [1.807, 2.05) is 72.8 Å². The van der Waals surface area contributed by atoms with Crippen molar-refractivity contribution in [3.8, 4) is 0 Å². The number of amides is 1. The Hall–Kier alpha value is -3.14. The topological polar surface area (TPSA) is 54.0 Å². The molecule has 0 bridgehead atoms. The van der Waals surface area contributed by atoms with Gasteiger partial charge in [-0.1, -0.05) is 60.7 Å². The van der Waals surface area contributed by atoms with Crippen LogP contribution in [0.15, 0.2) is 79.0 Å². The minimum absolute atomic E-state index is 0.131. The third kappa shape index (κ3) is 3.91. The van der Waals surface area contributed by atoms with Crippen LogP contribution in [0.25, 0.3) is 0 Å². The number of rotatable bonds is 6.